The van der Waals surface area contributed by atoms with Crippen LogP contribution in [0.3, 0.4) is 0 Å². The Balaban J connectivity index is 2.42. The molecule has 0 saturated heterocycles. The quantitative estimate of drug-likeness (QED) is 0.789. The molecule has 0 aliphatic heterocycles. The smallest absolute Gasteiger partial charge is 0.345 e. The Labute approximate surface area is 89.0 Å². The highest BCUT2D eigenvalue weighted by atomic mass is 19.4. The molecule has 1 amide bonds. The number of halogens is 3. The molecule has 88 valence electrons. The fourth-order valence-electron chi connectivity index (χ4n) is 1.05. The van der Waals surface area contributed by atoms with E-state index in [9.17, 15) is 22.8 Å². The normalized spacial score (nSPS) is 11.2. The van der Waals surface area contributed by atoms with E-state index in [0.29, 0.717) is 11.8 Å². The molecular formula is C9H9F3N2O2. The number of hydrogen-bond donors (Lipinski definition) is 1. The average Bonchev–Trinajstić information content (AvgIpc) is 2.61. The first-order chi connectivity index (χ1) is 7.40. The lowest BCUT2D eigenvalue weighted by Crippen LogP contribution is -2.35. The fourth-order valence-corrected chi connectivity index (χ4v) is 1.05. The lowest BCUT2D eigenvalue weighted by atomic mass is 10.4. The van der Waals surface area contributed by atoms with Crippen LogP contribution in [0.4, 0.5) is 13.2 Å². The summed E-state index contributed by atoms with van der Waals surface area (Å²) in [7, 11) is 0. The summed E-state index contributed by atoms with van der Waals surface area (Å²) < 4.78 is 36.6. The van der Waals surface area contributed by atoms with E-state index in [1.165, 1.54) is 23.0 Å². The van der Waals surface area contributed by atoms with Gasteiger partial charge in [0.2, 0.25) is 5.91 Å². The van der Waals surface area contributed by atoms with Crippen molar-refractivity contribution in [3.63, 3.8) is 0 Å². The Bertz CT molecular complexity index is 384. The topological polar surface area (TPSA) is 51.1 Å². The summed E-state index contributed by atoms with van der Waals surface area (Å²) >= 11 is 0. The van der Waals surface area contributed by atoms with Gasteiger partial charge < -0.3 is 9.88 Å². The minimum absolute atomic E-state index is 0.246. The summed E-state index contributed by atoms with van der Waals surface area (Å²) in [6.45, 7) is -1.60. The van der Waals surface area contributed by atoms with Crippen LogP contribution >= 0.6 is 0 Å². The molecule has 0 radical (unpaired) electrons. The molecule has 1 aromatic rings. The maximum Gasteiger partial charge on any atom is 0.405 e. The number of nitrogens with one attached hydrogen (secondary N) is 1. The predicted octanol–water partition coefficient (Wildman–Crippen LogP) is 0.979. The average molecular weight is 234 g/mol. The van der Waals surface area contributed by atoms with Crippen LogP contribution in [-0.2, 0) is 11.3 Å². The predicted molar refractivity (Wildman–Crippen MR) is 48.9 cm³/mol. The SMILES string of the molecule is O=Cc1ccn(CC(=O)NCC(F)(F)F)c1. The second kappa shape index (κ2) is 4.82. The molecular weight excluding hydrogens is 225 g/mol. The number of rotatable bonds is 4. The van der Waals surface area contributed by atoms with E-state index in [2.05, 4.69) is 0 Å². The monoisotopic (exact) mass is 234 g/mol. The second-order valence-corrected chi connectivity index (χ2v) is 3.13. The fraction of sp³-hybridized carbons (Fsp3) is 0.333. The van der Waals surface area contributed by atoms with E-state index in [0.717, 1.165) is 0 Å². The maximum atomic E-state index is 11.7. The van der Waals surface area contributed by atoms with E-state index in [1.54, 1.807) is 5.32 Å². The first kappa shape index (κ1) is 12.3. The Morgan fingerprint density at radius 2 is 2.19 bits per heavy atom. The van der Waals surface area contributed by atoms with Crippen LogP contribution < -0.4 is 5.32 Å². The van der Waals surface area contributed by atoms with E-state index >= 15 is 0 Å². The van der Waals surface area contributed by atoms with Gasteiger partial charge in [-0.2, -0.15) is 13.2 Å². The lowest BCUT2D eigenvalue weighted by Gasteiger charge is -2.08. The Morgan fingerprint density at radius 1 is 1.50 bits per heavy atom. The van der Waals surface area contributed by atoms with Gasteiger partial charge in [0.1, 0.15) is 13.1 Å². The highest BCUT2D eigenvalue weighted by Crippen LogP contribution is 2.12. The summed E-state index contributed by atoms with van der Waals surface area (Å²) in [6.07, 6.45) is -1.01. The van der Waals surface area contributed by atoms with Gasteiger partial charge in [-0.25, -0.2) is 0 Å². The highest BCUT2D eigenvalue weighted by Gasteiger charge is 2.27. The summed E-state index contributed by atoms with van der Waals surface area (Å²) in [6, 6.07) is 1.46. The van der Waals surface area contributed by atoms with Gasteiger partial charge in [-0.3, -0.25) is 9.59 Å². The zero-order chi connectivity index (χ0) is 12.2. The molecule has 0 aliphatic carbocycles. The number of alkyl halides is 3. The molecule has 0 atom stereocenters. The molecule has 1 N–H and O–H groups in total. The lowest BCUT2D eigenvalue weighted by molar-refractivity contribution is -0.138. The third-order valence-corrected chi connectivity index (χ3v) is 1.72. The zero-order valence-electron chi connectivity index (χ0n) is 8.12. The van der Waals surface area contributed by atoms with Gasteiger partial charge in [0, 0.05) is 18.0 Å². The number of amides is 1. The van der Waals surface area contributed by atoms with Crippen LogP contribution in [0.2, 0.25) is 0 Å². The van der Waals surface area contributed by atoms with Crippen LogP contribution in [0, 0.1) is 0 Å². The summed E-state index contributed by atoms with van der Waals surface area (Å²) in [5.74, 6) is -0.759. The second-order valence-electron chi connectivity index (χ2n) is 3.13. The van der Waals surface area contributed by atoms with Crippen molar-refractivity contribution in [3.05, 3.63) is 24.0 Å². The van der Waals surface area contributed by atoms with Crippen molar-refractivity contribution in [2.45, 2.75) is 12.7 Å². The minimum atomic E-state index is -4.42. The first-order valence-electron chi connectivity index (χ1n) is 4.35. The highest BCUT2D eigenvalue weighted by molar-refractivity contribution is 5.77. The molecule has 0 fully saturated rings. The molecule has 0 aromatic carbocycles. The molecule has 4 nitrogen and oxygen atoms in total. The molecule has 0 aliphatic rings. The largest absolute Gasteiger partial charge is 0.405 e. The molecule has 1 rings (SSSR count). The van der Waals surface area contributed by atoms with E-state index in [4.69, 9.17) is 0 Å². The van der Waals surface area contributed by atoms with Crippen molar-refractivity contribution >= 4 is 12.2 Å². The van der Waals surface area contributed by atoms with Gasteiger partial charge in [-0.1, -0.05) is 0 Å². The van der Waals surface area contributed by atoms with E-state index in [-0.39, 0.29) is 6.54 Å². The van der Waals surface area contributed by atoms with Gasteiger partial charge in [0.25, 0.3) is 0 Å². The van der Waals surface area contributed by atoms with Crippen molar-refractivity contribution in [1.29, 1.82) is 0 Å². The molecule has 0 unspecified atom stereocenters. The molecule has 16 heavy (non-hydrogen) atoms. The summed E-state index contributed by atoms with van der Waals surface area (Å²) in [5, 5.41) is 1.73. The van der Waals surface area contributed by atoms with Crippen molar-refractivity contribution in [3.8, 4) is 0 Å². The van der Waals surface area contributed by atoms with E-state index in [1.807, 2.05) is 0 Å². The standard InChI is InChI=1S/C9H9F3N2O2/c10-9(11,12)6-13-8(16)4-14-2-1-7(3-14)5-15/h1-3,5H,4,6H2,(H,13,16). The van der Waals surface area contributed by atoms with Crippen LogP contribution in [0.15, 0.2) is 18.5 Å². The number of aldehydes is 1. The molecule has 7 heteroatoms. The van der Waals surface area contributed by atoms with Crippen molar-refractivity contribution in [1.82, 2.24) is 9.88 Å². The maximum absolute atomic E-state index is 11.7. The number of hydrogen-bond acceptors (Lipinski definition) is 2. The van der Waals surface area contributed by atoms with Crippen LogP contribution in [0.1, 0.15) is 10.4 Å². The van der Waals surface area contributed by atoms with Gasteiger partial charge in [0.05, 0.1) is 0 Å². The third-order valence-electron chi connectivity index (χ3n) is 1.72. The number of aromatic nitrogens is 1. The first-order valence-corrected chi connectivity index (χ1v) is 4.35. The summed E-state index contributed by atoms with van der Waals surface area (Å²) in [4.78, 5) is 21.3. The minimum Gasteiger partial charge on any atom is -0.345 e. The molecule has 0 spiro atoms. The Hall–Kier alpha value is -1.79. The van der Waals surface area contributed by atoms with Crippen molar-refractivity contribution in [2.24, 2.45) is 0 Å². The summed E-state index contributed by atoms with van der Waals surface area (Å²) in [5.41, 5.74) is 0.364. The van der Waals surface area contributed by atoms with Gasteiger partial charge in [0.15, 0.2) is 6.29 Å². The Kier molecular flexibility index (Phi) is 3.70. The van der Waals surface area contributed by atoms with Gasteiger partial charge in [-0.15, -0.1) is 0 Å². The number of carbonyl (C=O) groups excluding carboxylic acids is 2. The van der Waals surface area contributed by atoms with Crippen LogP contribution in [0.25, 0.3) is 0 Å². The third kappa shape index (κ3) is 4.16. The van der Waals surface area contributed by atoms with Crippen molar-refractivity contribution < 1.29 is 22.8 Å². The molecule has 0 bridgehead atoms. The Morgan fingerprint density at radius 3 is 2.69 bits per heavy atom. The van der Waals surface area contributed by atoms with Crippen LogP contribution in [-0.4, -0.2) is 29.5 Å². The van der Waals surface area contributed by atoms with Gasteiger partial charge in [-0.05, 0) is 6.07 Å². The molecule has 1 heterocycles. The zero-order valence-corrected chi connectivity index (χ0v) is 8.12. The van der Waals surface area contributed by atoms with Crippen LogP contribution in [0.5, 0.6) is 0 Å². The number of carbonyl (C=O) groups is 2. The van der Waals surface area contributed by atoms with E-state index < -0.39 is 18.6 Å². The van der Waals surface area contributed by atoms with Crippen molar-refractivity contribution in [2.75, 3.05) is 6.54 Å². The number of nitrogens with zero attached hydrogens (tertiary/aromatic N) is 1. The van der Waals surface area contributed by atoms with Gasteiger partial charge >= 0.3 is 6.18 Å². The molecule has 0 saturated carbocycles. The molecule has 1 aromatic heterocycles.